The molecule has 0 saturated carbocycles. The molecular weight excluding hydrogens is 280 g/mol. The van der Waals surface area contributed by atoms with Gasteiger partial charge in [0, 0.05) is 23.9 Å². The minimum atomic E-state index is -0.254. The van der Waals surface area contributed by atoms with E-state index in [4.69, 9.17) is 9.47 Å². The molecule has 1 heterocycles. The van der Waals surface area contributed by atoms with Crippen molar-refractivity contribution in [1.82, 2.24) is 4.98 Å². The molecule has 0 spiro atoms. The third kappa shape index (κ3) is 4.09. The van der Waals surface area contributed by atoms with Crippen molar-refractivity contribution in [3.05, 3.63) is 53.7 Å². The van der Waals surface area contributed by atoms with Crippen molar-refractivity contribution in [2.45, 2.75) is 6.92 Å². The van der Waals surface area contributed by atoms with E-state index >= 15 is 0 Å². The van der Waals surface area contributed by atoms with Crippen molar-refractivity contribution in [2.24, 2.45) is 0 Å². The molecular formula is C17H18N2O3. The zero-order chi connectivity index (χ0) is 15.9. The fourth-order valence-electron chi connectivity index (χ4n) is 1.89. The predicted octanol–water partition coefficient (Wildman–Crippen LogP) is 3.06. The number of carbonyl (C=O) groups is 1. The Hall–Kier alpha value is -2.82. The molecule has 0 aliphatic rings. The number of carbonyl (C=O) groups excluding carboxylic acids is 1. The highest BCUT2D eigenvalue weighted by molar-refractivity contribution is 6.01. The van der Waals surface area contributed by atoms with E-state index in [9.17, 15) is 4.79 Å². The maximum absolute atomic E-state index is 11.9. The summed E-state index contributed by atoms with van der Waals surface area (Å²) in [5, 5.41) is 2.71. The summed E-state index contributed by atoms with van der Waals surface area (Å²) in [4.78, 5) is 16.0. The van der Waals surface area contributed by atoms with Crippen LogP contribution in [0.4, 0.5) is 5.82 Å². The van der Waals surface area contributed by atoms with Gasteiger partial charge < -0.3 is 14.8 Å². The summed E-state index contributed by atoms with van der Waals surface area (Å²) in [6, 6.07) is 9.07. The first-order valence-electron chi connectivity index (χ1n) is 6.76. The molecule has 114 valence electrons. The molecule has 0 unspecified atom stereocenters. The Balaban J connectivity index is 2.09. The first kappa shape index (κ1) is 15.6. The topological polar surface area (TPSA) is 60.5 Å². The van der Waals surface area contributed by atoms with Crippen LogP contribution in [0.5, 0.6) is 11.5 Å². The number of pyridine rings is 1. The highest BCUT2D eigenvalue weighted by Gasteiger charge is 2.04. The number of ether oxygens (including phenoxy) is 2. The SMILES string of the molecule is COc1ccc(/C=C/C(=O)Nc2cc(C)ccn2)c(OC)c1. The van der Waals surface area contributed by atoms with Crippen molar-refractivity contribution >= 4 is 17.8 Å². The molecule has 0 aliphatic carbocycles. The lowest BCUT2D eigenvalue weighted by molar-refractivity contribution is -0.111. The second-order valence-electron chi connectivity index (χ2n) is 4.65. The molecule has 2 aromatic rings. The summed E-state index contributed by atoms with van der Waals surface area (Å²) >= 11 is 0. The number of aromatic nitrogens is 1. The van der Waals surface area contributed by atoms with Gasteiger partial charge in [0.05, 0.1) is 14.2 Å². The number of amides is 1. The number of aryl methyl sites for hydroxylation is 1. The Morgan fingerprint density at radius 3 is 2.68 bits per heavy atom. The van der Waals surface area contributed by atoms with Gasteiger partial charge in [-0.2, -0.15) is 0 Å². The minimum absolute atomic E-state index is 0.254. The van der Waals surface area contributed by atoms with E-state index in [2.05, 4.69) is 10.3 Å². The summed E-state index contributed by atoms with van der Waals surface area (Å²) in [6.07, 6.45) is 4.78. The number of nitrogens with one attached hydrogen (secondary N) is 1. The number of methoxy groups -OCH3 is 2. The van der Waals surface area contributed by atoms with Crippen LogP contribution in [0, 0.1) is 6.92 Å². The third-order valence-corrected chi connectivity index (χ3v) is 3.02. The van der Waals surface area contributed by atoms with E-state index in [1.807, 2.05) is 25.1 Å². The van der Waals surface area contributed by atoms with E-state index < -0.39 is 0 Å². The molecule has 5 nitrogen and oxygen atoms in total. The van der Waals surface area contributed by atoms with Gasteiger partial charge in [0.2, 0.25) is 5.91 Å². The molecule has 1 amide bonds. The molecule has 22 heavy (non-hydrogen) atoms. The van der Waals surface area contributed by atoms with Crippen LogP contribution in [0.3, 0.4) is 0 Å². The van der Waals surface area contributed by atoms with Crippen molar-refractivity contribution < 1.29 is 14.3 Å². The van der Waals surface area contributed by atoms with Gasteiger partial charge in [-0.25, -0.2) is 4.98 Å². The smallest absolute Gasteiger partial charge is 0.249 e. The largest absolute Gasteiger partial charge is 0.497 e. The zero-order valence-corrected chi connectivity index (χ0v) is 12.8. The molecule has 5 heteroatoms. The summed E-state index contributed by atoms with van der Waals surface area (Å²) in [7, 11) is 3.16. The average Bonchev–Trinajstić information content (AvgIpc) is 2.52. The number of hydrogen-bond acceptors (Lipinski definition) is 4. The lowest BCUT2D eigenvalue weighted by atomic mass is 10.1. The summed E-state index contributed by atoms with van der Waals surface area (Å²) in [5.74, 6) is 1.60. The standard InChI is InChI=1S/C17H18N2O3/c1-12-8-9-18-16(10-12)19-17(20)7-5-13-4-6-14(21-2)11-15(13)22-3/h4-11H,1-3H3,(H,18,19,20)/b7-5+. The van der Waals surface area contributed by atoms with Crippen LogP contribution >= 0.6 is 0 Å². The maximum atomic E-state index is 11.9. The average molecular weight is 298 g/mol. The highest BCUT2D eigenvalue weighted by Crippen LogP contribution is 2.25. The van der Waals surface area contributed by atoms with Gasteiger partial charge in [0.15, 0.2) is 0 Å². The predicted molar refractivity (Wildman–Crippen MR) is 86.2 cm³/mol. The molecule has 1 aromatic carbocycles. The first-order valence-corrected chi connectivity index (χ1v) is 6.76. The van der Waals surface area contributed by atoms with Gasteiger partial charge >= 0.3 is 0 Å². The van der Waals surface area contributed by atoms with Gasteiger partial charge in [-0.1, -0.05) is 0 Å². The van der Waals surface area contributed by atoms with Gasteiger partial charge in [-0.05, 0) is 42.8 Å². The molecule has 1 N–H and O–H groups in total. The van der Waals surface area contributed by atoms with Crippen LogP contribution in [0.2, 0.25) is 0 Å². The van der Waals surface area contributed by atoms with E-state index in [1.54, 1.807) is 38.6 Å². The molecule has 2 rings (SSSR count). The quantitative estimate of drug-likeness (QED) is 0.862. The van der Waals surface area contributed by atoms with Gasteiger partial charge in [-0.15, -0.1) is 0 Å². The lowest BCUT2D eigenvalue weighted by Crippen LogP contribution is -2.09. The Bertz CT molecular complexity index is 696. The fraction of sp³-hybridized carbons (Fsp3) is 0.176. The van der Waals surface area contributed by atoms with E-state index in [0.717, 1.165) is 11.1 Å². The number of rotatable bonds is 5. The Labute approximate surface area is 129 Å². The van der Waals surface area contributed by atoms with Crippen LogP contribution < -0.4 is 14.8 Å². The number of nitrogens with zero attached hydrogens (tertiary/aromatic N) is 1. The Morgan fingerprint density at radius 1 is 1.18 bits per heavy atom. The molecule has 0 radical (unpaired) electrons. The van der Waals surface area contributed by atoms with E-state index in [0.29, 0.717) is 17.3 Å². The first-order chi connectivity index (χ1) is 10.6. The number of hydrogen-bond donors (Lipinski definition) is 1. The normalized spacial score (nSPS) is 10.5. The summed E-state index contributed by atoms with van der Waals surface area (Å²) in [6.45, 7) is 1.94. The number of anilines is 1. The van der Waals surface area contributed by atoms with Gasteiger partial charge in [0.25, 0.3) is 0 Å². The monoisotopic (exact) mass is 298 g/mol. The molecule has 0 fully saturated rings. The fourth-order valence-corrected chi connectivity index (χ4v) is 1.89. The van der Waals surface area contributed by atoms with Crippen LogP contribution in [0.15, 0.2) is 42.6 Å². The molecule has 0 saturated heterocycles. The van der Waals surface area contributed by atoms with Crippen molar-refractivity contribution in [2.75, 3.05) is 19.5 Å². The van der Waals surface area contributed by atoms with Gasteiger partial charge in [-0.3, -0.25) is 4.79 Å². The summed E-state index contributed by atoms with van der Waals surface area (Å²) in [5.41, 5.74) is 1.82. The highest BCUT2D eigenvalue weighted by atomic mass is 16.5. The van der Waals surface area contributed by atoms with Crippen molar-refractivity contribution in [3.63, 3.8) is 0 Å². The lowest BCUT2D eigenvalue weighted by Gasteiger charge is -2.07. The summed E-state index contributed by atoms with van der Waals surface area (Å²) < 4.78 is 10.4. The van der Waals surface area contributed by atoms with Crippen molar-refractivity contribution in [1.29, 1.82) is 0 Å². The van der Waals surface area contributed by atoms with Crippen LogP contribution in [0.25, 0.3) is 6.08 Å². The maximum Gasteiger partial charge on any atom is 0.249 e. The molecule has 0 bridgehead atoms. The van der Waals surface area contributed by atoms with Gasteiger partial charge in [0.1, 0.15) is 17.3 Å². The second kappa shape index (κ2) is 7.26. The minimum Gasteiger partial charge on any atom is -0.497 e. The number of benzene rings is 1. The van der Waals surface area contributed by atoms with E-state index in [-0.39, 0.29) is 5.91 Å². The Morgan fingerprint density at radius 2 is 2.00 bits per heavy atom. The second-order valence-corrected chi connectivity index (χ2v) is 4.65. The van der Waals surface area contributed by atoms with E-state index in [1.165, 1.54) is 6.08 Å². The van der Waals surface area contributed by atoms with Crippen molar-refractivity contribution in [3.8, 4) is 11.5 Å². The molecule has 1 aromatic heterocycles. The van der Waals surface area contributed by atoms with Crippen LogP contribution in [-0.4, -0.2) is 25.1 Å². The third-order valence-electron chi connectivity index (χ3n) is 3.02. The zero-order valence-electron chi connectivity index (χ0n) is 12.8. The molecule has 0 aliphatic heterocycles. The van der Waals surface area contributed by atoms with Crippen LogP contribution in [0.1, 0.15) is 11.1 Å². The van der Waals surface area contributed by atoms with Crippen LogP contribution in [-0.2, 0) is 4.79 Å². The Kier molecular flexibility index (Phi) is 5.14. The molecule has 0 atom stereocenters.